The number of hydrogen-bond acceptors (Lipinski definition) is 3. The molecule has 0 saturated carbocycles. The molecular weight excluding hydrogens is 530 g/mol. The highest BCUT2D eigenvalue weighted by Gasteiger charge is 2.31. The Labute approximate surface area is 232 Å². The lowest BCUT2D eigenvalue weighted by molar-refractivity contribution is -0.139. The number of nitrogens with zero attached hydrogens (tertiary/aromatic N) is 1. The topological polar surface area (TPSA) is 49.4 Å². The van der Waals surface area contributed by atoms with Gasteiger partial charge in [-0.1, -0.05) is 84.7 Å². The molecule has 4 nitrogen and oxygen atoms in total. The number of nitrogens with one attached hydrogen (secondary N) is 1. The first-order chi connectivity index (χ1) is 17.8. The van der Waals surface area contributed by atoms with E-state index in [4.69, 9.17) is 23.2 Å². The summed E-state index contributed by atoms with van der Waals surface area (Å²) in [6.45, 7) is 3.99. The second-order valence-corrected chi connectivity index (χ2v) is 10.6. The molecule has 0 spiro atoms. The van der Waals surface area contributed by atoms with E-state index in [-0.39, 0.29) is 36.0 Å². The van der Waals surface area contributed by atoms with Crippen LogP contribution in [0.4, 0.5) is 4.39 Å². The average molecular weight is 562 g/mol. The number of amides is 2. The number of halogens is 3. The van der Waals surface area contributed by atoms with E-state index in [1.54, 1.807) is 41.3 Å². The Bertz CT molecular complexity index is 1180. The summed E-state index contributed by atoms with van der Waals surface area (Å²) in [4.78, 5) is 28.8. The predicted octanol–water partition coefficient (Wildman–Crippen LogP) is 6.92. The Kier molecular flexibility index (Phi) is 11.3. The molecule has 0 unspecified atom stereocenters. The maximum Gasteiger partial charge on any atom is 0.243 e. The van der Waals surface area contributed by atoms with Crippen molar-refractivity contribution in [1.82, 2.24) is 10.2 Å². The van der Waals surface area contributed by atoms with Crippen molar-refractivity contribution >= 4 is 46.8 Å². The SMILES string of the molecule is CC[C@H](C)NC(=O)[C@@H](Cc1ccccc1)N(Cc1c(Cl)cccc1Cl)C(=O)CSCc1ccccc1F. The fourth-order valence-electron chi connectivity index (χ4n) is 3.80. The van der Waals surface area contributed by atoms with Crippen LogP contribution in [0.1, 0.15) is 37.0 Å². The highest BCUT2D eigenvalue weighted by Crippen LogP contribution is 2.28. The number of benzene rings is 3. The molecule has 0 aliphatic rings. The predicted molar refractivity (Wildman–Crippen MR) is 151 cm³/mol. The molecule has 0 fully saturated rings. The highest BCUT2D eigenvalue weighted by atomic mass is 35.5. The minimum atomic E-state index is -0.787. The first kappa shape index (κ1) is 29.0. The van der Waals surface area contributed by atoms with Gasteiger partial charge in [0.05, 0.1) is 5.75 Å². The number of carbonyl (C=O) groups is 2. The average Bonchev–Trinajstić information content (AvgIpc) is 2.89. The van der Waals surface area contributed by atoms with Gasteiger partial charge in [-0.15, -0.1) is 11.8 Å². The van der Waals surface area contributed by atoms with Crippen molar-refractivity contribution in [2.75, 3.05) is 5.75 Å². The van der Waals surface area contributed by atoms with Gasteiger partial charge in [0, 0.05) is 40.4 Å². The molecule has 2 atom stereocenters. The van der Waals surface area contributed by atoms with Crippen LogP contribution in [0.25, 0.3) is 0 Å². The Hall–Kier alpha value is -2.54. The second-order valence-electron chi connectivity index (χ2n) is 8.83. The lowest BCUT2D eigenvalue weighted by Gasteiger charge is -2.32. The lowest BCUT2D eigenvalue weighted by Crippen LogP contribution is -2.52. The van der Waals surface area contributed by atoms with Gasteiger partial charge < -0.3 is 10.2 Å². The number of rotatable bonds is 12. The molecule has 196 valence electrons. The highest BCUT2D eigenvalue weighted by molar-refractivity contribution is 7.99. The lowest BCUT2D eigenvalue weighted by atomic mass is 10.0. The van der Waals surface area contributed by atoms with Gasteiger partial charge in [0.2, 0.25) is 11.8 Å². The Morgan fingerprint density at radius 3 is 2.27 bits per heavy atom. The molecular formula is C29H31Cl2FN2O2S. The molecule has 3 aromatic carbocycles. The number of carbonyl (C=O) groups excluding carboxylic acids is 2. The fraction of sp³-hybridized carbons (Fsp3) is 0.310. The minimum absolute atomic E-state index is 0.0537. The van der Waals surface area contributed by atoms with E-state index in [0.717, 1.165) is 12.0 Å². The zero-order chi connectivity index (χ0) is 26.8. The molecule has 0 aliphatic heterocycles. The van der Waals surface area contributed by atoms with Gasteiger partial charge in [-0.25, -0.2) is 4.39 Å². The first-order valence-electron chi connectivity index (χ1n) is 12.2. The largest absolute Gasteiger partial charge is 0.352 e. The molecule has 0 saturated heterocycles. The summed E-state index contributed by atoms with van der Waals surface area (Å²) >= 11 is 14.2. The van der Waals surface area contributed by atoms with E-state index in [9.17, 15) is 14.0 Å². The third-order valence-corrected chi connectivity index (χ3v) is 7.78. The van der Waals surface area contributed by atoms with Crippen molar-refractivity contribution in [2.45, 2.75) is 51.1 Å². The molecule has 8 heteroatoms. The summed E-state index contributed by atoms with van der Waals surface area (Å²) in [6, 6.07) is 20.4. The van der Waals surface area contributed by atoms with Gasteiger partial charge in [0.25, 0.3) is 0 Å². The van der Waals surface area contributed by atoms with Gasteiger partial charge in [0.15, 0.2) is 0 Å². The van der Waals surface area contributed by atoms with Crippen molar-refractivity contribution in [1.29, 1.82) is 0 Å². The molecule has 3 aromatic rings. The summed E-state index contributed by atoms with van der Waals surface area (Å²) in [5.74, 6) is -0.400. The van der Waals surface area contributed by atoms with Gasteiger partial charge in [-0.3, -0.25) is 9.59 Å². The molecule has 0 bridgehead atoms. The van der Waals surface area contributed by atoms with Crippen molar-refractivity contribution < 1.29 is 14.0 Å². The van der Waals surface area contributed by atoms with Crippen molar-refractivity contribution in [2.24, 2.45) is 0 Å². The van der Waals surface area contributed by atoms with Crippen LogP contribution in [-0.2, 0) is 28.3 Å². The Balaban J connectivity index is 1.91. The maximum absolute atomic E-state index is 14.1. The maximum atomic E-state index is 14.1. The summed E-state index contributed by atoms with van der Waals surface area (Å²) in [5.41, 5.74) is 2.03. The van der Waals surface area contributed by atoms with Gasteiger partial charge in [-0.05, 0) is 42.7 Å². The first-order valence-corrected chi connectivity index (χ1v) is 14.1. The Morgan fingerprint density at radius 1 is 0.973 bits per heavy atom. The summed E-state index contributed by atoms with van der Waals surface area (Å²) in [5, 5.41) is 3.88. The van der Waals surface area contributed by atoms with Crippen LogP contribution in [0.15, 0.2) is 72.8 Å². The van der Waals surface area contributed by atoms with Crippen LogP contribution in [-0.4, -0.2) is 34.6 Å². The minimum Gasteiger partial charge on any atom is -0.352 e. The monoisotopic (exact) mass is 560 g/mol. The van der Waals surface area contributed by atoms with Crippen LogP contribution in [0.2, 0.25) is 10.0 Å². The quantitative estimate of drug-likeness (QED) is 0.261. The molecule has 2 amide bonds. The summed E-state index contributed by atoms with van der Waals surface area (Å²) < 4.78 is 14.1. The normalized spacial score (nSPS) is 12.6. The van der Waals surface area contributed by atoms with E-state index in [1.807, 2.05) is 44.2 Å². The van der Waals surface area contributed by atoms with Crippen LogP contribution < -0.4 is 5.32 Å². The number of hydrogen-bond donors (Lipinski definition) is 1. The van der Waals surface area contributed by atoms with Crippen LogP contribution >= 0.6 is 35.0 Å². The number of thioether (sulfide) groups is 1. The summed E-state index contributed by atoms with van der Waals surface area (Å²) in [6.07, 6.45) is 1.08. The van der Waals surface area contributed by atoms with E-state index < -0.39 is 6.04 Å². The van der Waals surface area contributed by atoms with Crippen LogP contribution in [0, 0.1) is 5.82 Å². The molecule has 0 aromatic heterocycles. The van der Waals surface area contributed by atoms with E-state index >= 15 is 0 Å². The van der Waals surface area contributed by atoms with Crippen molar-refractivity contribution in [3.8, 4) is 0 Å². The van der Waals surface area contributed by atoms with E-state index in [1.165, 1.54) is 17.8 Å². The van der Waals surface area contributed by atoms with E-state index in [0.29, 0.717) is 33.3 Å². The van der Waals surface area contributed by atoms with Crippen LogP contribution in [0.5, 0.6) is 0 Å². The third-order valence-electron chi connectivity index (χ3n) is 6.10. The van der Waals surface area contributed by atoms with Gasteiger partial charge in [0.1, 0.15) is 11.9 Å². The van der Waals surface area contributed by atoms with Crippen molar-refractivity contribution in [3.63, 3.8) is 0 Å². The molecule has 1 N–H and O–H groups in total. The molecule has 3 rings (SSSR count). The molecule has 0 heterocycles. The van der Waals surface area contributed by atoms with Gasteiger partial charge in [-0.2, -0.15) is 0 Å². The molecule has 0 radical (unpaired) electrons. The van der Waals surface area contributed by atoms with Crippen molar-refractivity contribution in [3.05, 3.63) is 105 Å². The standard InChI is InChI=1S/C29H31Cl2FN2O2S/c1-3-20(2)33-29(36)27(16-21-10-5-4-6-11-21)34(17-23-24(30)13-9-14-25(23)31)28(35)19-37-18-22-12-7-8-15-26(22)32/h4-15,20,27H,3,16-19H2,1-2H3,(H,33,36)/t20-,27+/m0/s1. The van der Waals surface area contributed by atoms with Crippen LogP contribution in [0.3, 0.4) is 0 Å². The van der Waals surface area contributed by atoms with Gasteiger partial charge >= 0.3 is 0 Å². The smallest absolute Gasteiger partial charge is 0.243 e. The fourth-order valence-corrected chi connectivity index (χ4v) is 5.21. The summed E-state index contributed by atoms with van der Waals surface area (Å²) in [7, 11) is 0. The Morgan fingerprint density at radius 2 is 1.62 bits per heavy atom. The zero-order valence-corrected chi connectivity index (χ0v) is 23.3. The second kappa shape index (κ2) is 14.4. The molecule has 37 heavy (non-hydrogen) atoms. The van der Waals surface area contributed by atoms with E-state index in [2.05, 4.69) is 5.32 Å². The third kappa shape index (κ3) is 8.49. The zero-order valence-electron chi connectivity index (χ0n) is 20.9. The molecule has 0 aliphatic carbocycles.